The average Bonchev–Trinajstić information content (AvgIpc) is 2.63. The van der Waals surface area contributed by atoms with Crippen molar-refractivity contribution in [2.24, 2.45) is 0 Å². The molecule has 1 aromatic carbocycles. The van der Waals surface area contributed by atoms with Gasteiger partial charge in [-0.25, -0.2) is 4.79 Å². The number of amides is 4. The van der Waals surface area contributed by atoms with Gasteiger partial charge in [0.2, 0.25) is 5.91 Å². The van der Waals surface area contributed by atoms with Crippen LogP contribution >= 0.6 is 11.6 Å². The molecule has 0 aromatic heterocycles. The van der Waals surface area contributed by atoms with Crippen LogP contribution in [0.4, 0.5) is 10.5 Å². The molecule has 1 atom stereocenters. The molecule has 0 saturated carbocycles. The van der Waals surface area contributed by atoms with Crippen LogP contribution in [0.2, 0.25) is 5.02 Å². The Bertz CT molecular complexity index is 605. The summed E-state index contributed by atoms with van der Waals surface area (Å²) in [5.74, 6) is -0.850. The maximum atomic E-state index is 12.2. The molecule has 1 heterocycles. The third-order valence-corrected chi connectivity index (χ3v) is 3.70. The van der Waals surface area contributed by atoms with Crippen molar-refractivity contribution in [2.75, 3.05) is 11.9 Å². The first-order valence-electron chi connectivity index (χ1n) is 6.55. The van der Waals surface area contributed by atoms with E-state index < -0.39 is 23.4 Å². The standard InChI is InChI=1S/C14H16ClN3O3/c1-3-14(2)12(20)18(13(21)17-14)8-11(19)16-10-6-4-5-9(15)7-10/h4-7H,3,8H2,1-2H3,(H,16,19)(H,17,21). The molecule has 1 aliphatic heterocycles. The molecule has 2 N–H and O–H groups in total. The summed E-state index contributed by atoms with van der Waals surface area (Å²) in [5, 5.41) is 5.68. The van der Waals surface area contributed by atoms with Gasteiger partial charge in [-0.15, -0.1) is 0 Å². The molecule has 1 unspecified atom stereocenters. The summed E-state index contributed by atoms with van der Waals surface area (Å²) in [6.07, 6.45) is 0.462. The van der Waals surface area contributed by atoms with Crippen LogP contribution in [0.3, 0.4) is 0 Å². The van der Waals surface area contributed by atoms with E-state index in [9.17, 15) is 14.4 Å². The Morgan fingerprint density at radius 3 is 2.71 bits per heavy atom. The number of carbonyl (C=O) groups excluding carboxylic acids is 3. The predicted octanol–water partition coefficient (Wildman–Crippen LogP) is 2.00. The Balaban J connectivity index is 2.03. The first-order valence-corrected chi connectivity index (χ1v) is 6.93. The van der Waals surface area contributed by atoms with Crippen LogP contribution in [0, 0.1) is 0 Å². The summed E-state index contributed by atoms with van der Waals surface area (Å²) >= 11 is 5.82. The lowest BCUT2D eigenvalue weighted by Gasteiger charge is -2.19. The number of imide groups is 1. The molecule has 2 rings (SSSR count). The lowest BCUT2D eigenvalue weighted by atomic mass is 9.99. The Hall–Kier alpha value is -2.08. The predicted molar refractivity (Wildman–Crippen MR) is 79.0 cm³/mol. The van der Waals surface area contributed by atoms with Crippen LogP contribution < -0.4 is 10.6 Å². The molecule has 1 aromatic rings. The number of hydrogen-bond donors (Lipinski definition) is 2. The van der Waals surface area contributed by atoms with Crippen molar-refractivity contribution in [2.45, 2.75) is 25.8 Å². The highest BCUT2D eigenvalue weighted by Gasteiger charge is 2.46. The van der Waals surface area contributed by atoms with E-state index in [4.69, 9.17) is 11.6 Å². The zero-order valence-corrected chi connectivity index (χ0v) is 12.5. The first-order chi connectivity index (χ1) is 9.85. The highest BCUT2D eigenvalue weighted by molar-refractivity contribution is 6.30. The number of rotatable bonds is 4. The summed E-state index contributed by atoms with van der Waals surface area (Å²) in [6, 6.07) is 6.08. The zero-order valence-electron chi connectivity index (χ0n) is 11.8. The number of nitrogens with zero attached hydrogens (tertiary/aromatic N) is 1. The third-order valence-electron chi connectivity index (χ3n) is 3.46. The third kappa shape index (κ3) is 3.16. The number of anilines is 1. The smallest absolute Gasteiger partial charge is 0.324 e. The molecular formula is C14H16ClN3O3. The number of urea groups is 1. The van der Waals surface area contributed by atoms with Gasteiger partial charge in [0.15, 0.2) is 0 Å². The van der Waals surface area contributed by atoms with Gasteiger partial charge < -0.3 is 10.6 Å². The largest absolute Gasteiger partial charge is 0.325 e. The summed E-state index contributed by atoms with van der Waals surface area (Å²) < 4.78 is 0. The van der Waals surface area contributed by atoms with E-state index >= 15 is 0 Å². The van der Waals surface area contributed by atoms with Crippen LogP contribution in [-0.2, 0) is 9.59 Å². The number of nitrogens with one attached hydrogen (secondary N) is 2. The fourth-order valence-corrected chi connectivity index (χ4v) is 2.23. The maximum Gasteiger partial charge on any atom is 0.325 e. The fraction of sp³-hybridized carbons (Fsp3) is 0.357. The van der Waals surface area contributed by atoms with Crippen molar-refractivity contribution < 1.29 is 14.4 Å². The molecule has 0 aliphatic carbocycles. The number of halogens is 1. The summed E-state index contributed by atoms with van der Waals surface area (Å²) in [7, 11) is 0. The molecule has 4 amide bonds. The van der Waals surface area contributed by atoms with Gasteiger partial charge in [-0.3, -0.25) is 14.5 Å². The Labute approximate surface area is 127 Å². The van der Waals surface area contributed by atoms with Gasteiger partial charge in [0.05, 0.1) is 0 Å². The second kappa shape index (κ2) is 5.73. The quantitative estimate of drug-likeness (QED) is 0.835. The van der Waals surface area contributed by atoms with Gasteiger partial charge in [-0.05, 0) is 31.5 Å². The molecule has 0 spiro atoms. The molecule has 0 radical (unpaired) electrons. The van der Waals surface area contributed by atoms with Crippen molar-refractivity contribution in [3.05, 3.63) is 29.3 Å². The lowest BCUT2D eigenvalue weighted by molar-refractivity contribution is -0.133. The zero-order chi connectivity index (χ0) is 15.6. The van der Waals surface area contributed by atoms with Crippen molar-refractivity contribution in [1.29, 1.82) is 0 Å². The van der Waals surface area contributed by atoms with Gasteiger partial charge in [0, 0.05) is 10.7 Å². The molecule has 7 heteroatoms. The fourth-order valence-electron chi connectivity index (χ4n) is 2.04. The number of benzene rings is 1. The van der Waals surface area contributed by atoms with Gasteiger partial charge in [0.25, 0.3) is 5.91 Å². The normalized spacial score (nSPS) is 21.4. The van der Waals surface area contributed by atoms with Crippen molar-refractivity contribution >= 4 is 35.1 Å². The van der Waals surface area contributed by atoms with Crippen LogP contribution in [0.5, 0.6) is 0 Å². The van der Waals surface area contributed by atoms with E-state index in [0.717, 1.165) is 4.90 Å². The summed E-state index contributed by atoms with van der Waals surface area (Å²) in [4.78, 5) is 36.8. The molecule has 6 nitrogen and oxygen atoms in total. The average molecular weight is 310 g/mol. The van der Waals surface area contributed by atoms with Crippen molar-refractivity contribution in [3.63, 3.8) is 0 Å². The van der Waals surface area contributed by atoms with Crippen molar-refractivity contribution in [3.8, 4) is 0 Å². The topological polar surface area (TPSA) is 78.5 Å². The highest BCUT2D eigenvalue weighted by atomic mass is 35.5. The molecule has 1 fully saturated rings. The minimum absolute atomic E-state index is 0.327. The van der Waals surface area contributed by atoms with Crippen LogP contribution in [0.15, 0.2) is 24.3 Å². The van der Waals surface area contributed by atoms with E-state index in [1.54, 1.807) is 38.1 Å². The highest BCUT2D eigenvalue weighted by Crippen LogP contribution is 2.21. The van der Waals surface area contributed by atoms with E-state index in [-0.39, 0.29) is 6.54 Å². The van der Waals surface area contributed by atoms with Gasteiger partial charge in [-0.2, -0.15) is 0 Å². The second-order valence-corrected chi connectivity index (χ2v) is 5.50. The minimum atomic E-state index is -0.937. The molecule has 21 heavy (non-hydrogen) atoms. The molecule has 0 bridgehead atoms. The second-order valence-electron chi connectivity index (χ2n) is 5.07. The van der Waals surface area contributed by atoms with E-state index in [1.165, 1.54) is 0 Å². The van der Waals surface area contributed by atoms with Gasteiger partial charge >= 0.3 is 6.03 Å². The van der Waals surface area contributed by atoms with E-state index in [1.807, 2.05) is 0 Å². The minimum Gasteiger partial charge on any atom is -0.324 e. The number of carbonyl (C=O) groups is 3. The lowest BCUT2D eigenvalue weighted by Crippen LogP contribution is -2.44. The van der Waals surface area contributed by atoms with Crippen molar-refractivity contribution in [1.82, 2.24) is 10.2 Å². The van der Waals surface area contributed by atoms with Crippen LogP contribution in [0.25, 0.3) is 0 Å². The summed E-state index contributed by atoms with van der Waals surface area (Å²) in [6.45, 7) is 3.11. The van der Waals surface area contributed by atoms with Crippen LogP contribution in [0.1, 0.15) is 20.3 Å². The Morgan fingerprint density at radius 2 is 2.14 bits per heavy atom. The molecule has 1 saturated heterocycles. The maximum absolute atomic E-state index is 12.2. The van der Waals surface area contributed by atoms with Gasteiger partial charge in [-0.1, -0.05) is 24.6 Å². The molecular weight excluding hydrogens is 294 g/mol. The first kappa shape index (κ1) is 15.3. The monoisotopic (exact) mass is 309 g/mol. The number of hydrogen-bond acceptors (Lipinski definition) is 3. The van der Waals surface area contributed by atoms with Gasteiger partial charge in [0.1, 0.15) is 12.1 Å². The Kier molecular flexibility index (Phi) is 4.18. The summed E-state index contributed by atoms with van der Waals surface area (Å²) in [5.41, 5.74) is -0.425. The molecule has 1 aliphatic rings. The molecule has 112 valence electrons. The van der Waals surface area contributed by atoms with Crippen LogP contribution in [-0.4, -0.2) is 34.8 Å². The van der Waals surface area contributed by atoms with E-state index in [2.05, 4.69) is 10.6 Å². The van der Waals surface area contributed by atoms with E-state index in [0.29, 0.717) is 17.1 Å². The SMILES string of the molecule is CCC1(C)NC(=O)N(CC(=O)Nc2cccc(Cl)c2)C1=O. The Morgan fingerprint density at radius 1 is 1.43 bits per heavy atom.